The van der Waals surface area contributed by atoms with Gasteiger partial charge in [-0.2, -0.15) is 0 Å². The summed E-state index contributed by atoms with van der Waals surface area (Å²) < 4.78 is 18.8. The molecule has 84 valence electrons. The van der Waals surface area contributed by atoms with E-state index in [1.165, 1.54) is 0 Å². The highest BCUT2D eigenvalue weighted by Gasteiger charge is 2.03. The van der Waals surface area contributed by atoms with E-state index in [0.717, 1.165) is 31.2 Å². The molecule has 1 aromatic carbocycles. The van der Waals surface area contributed by atoms with Crippen LogP contribution in [0, 0.1) is 5.82 Å². The van der Waals surface area contributed by atoms with Gasteiger partial charge < -0.3 is 4.74 Å². The van der Waals surface area contributed by atoms with E-state index < -0.39 is 0 Å². The molecule has 0 fully saturated rings. The van der Waals surface area contributed by atoms with Gasteiger partial charge in [-0.3, -0.25) is 0 Å². The second-order valence-electron chi connectivity index (χ2n) is 3.72. The fraction of sp³-hybridized carbons (Fsp3) is 0.538. The van der Waals surface area contributed by atoms with Gasteiger partial charge in [-0.15, -0.1) is 0 Å². The maximum atomic E-state index is 13.5. The minimum absolute atomic E-state index is 0.239. The van der Waals surface area contributed by atoms with Crippen LogP contribution in [-0.2, 0) is 6.42 Å². The van der Waals surface area contributed by atoms with Crippen molar-refractivity contribution in [3.63, 3.8) is 0 Å². The highest BCUT2D eigenvalue weighted by molar-refractivity contribution is 5.29. The van der Waals surface area contributed by atoms with E-state index in [2.05, 4.69) is 13.8 Å². The largest absolute Gasteiger partial charge is 0.491 e. The Balaban J connectivity index is 2.58. The predicted octanol–water partition coefficient (Wildman–Crippen LogP) is 3.96. The van der Waals surface area contributed by atoms with Crippen LogP contribution >= 0.6 is 0 Å². The molecule has 1 nitrogen and oxygen atoms in total. The molecule has 0 heterocycles. The quantitative estimate of drug-likeness (QED) is 0.646. The van der Waals surface area contributed by atoms with Crippen molar-refractivity contribution in [1.29, 1.82) is 0 Å². The van der Waals surface area contributed by atoms with Crippen molar-refractivity contribution in [1.82, 2.24) is 0 Å². The van der Waals surface area contributed by atoms with Crippen molar-refractivity contribution >= 4 is 0 Å². The van der Waals surface area contributed by atoms with E-state index in [9.17, 15) is 4.39 Å². The van der Waals surface area contributed by atoms with E-state index >= 15 is 0 Å². The zero-order chi connectivity index (χ0) is 11.1. The number of benzene rings is 1. The lowest BCUT2D eigenvalue weighted by Crippen LogP contribution is -1.99. The molecule has 2 heteroatoms. The maximum absolute atomic E-state index is 13.5. The molecule has 0 aliphatic heterocycles. The zero-order valence-corrected chi connectivity index (χ0v) is 9.55. The first-order chi connectivity index (χ1) is 7.27. The van der Waals surface area contributed by atoms with Crippen LogP contribution in [0.15, 0.2) is 18.2 Å². The lowest BCUT2D eigenvalue weighted by molar-refractivity contribution is 0.294. The Morgan fingerprint density at radius 3 is 2.60 bits per heavy atom. The summed E-state index contributed by atoms with van der Waals surface area (Å²) in [5.74, 6) is 0.139. The first-order valence-electron chi connectivity index (χ1n) is 5.69. The van der Waals surface area contributed by atoms with E-state index in [0.29, 0.717) is 12.4 Å². The lowest BCUT2D eigenvalue weighted by Gasteiger charge is -2.07. The third-order valence-corrected chi connectivity index (χ3v) is 2.29. The monoisotopic (exact) mass is 210 g/mol. The Morgan fingerprint density at radius 1 is 1.20 bits per heavy atom. The number of unbranched alkanes of at least 4 members (excludes halogenated alkanes) is 1. The Morgan fingerprint density at radius 2 is 2.00 bits per heavy atom. The van der Waals surface area contributed by atoms with Gasteiger partial charge in [-0.25, -0.2) is 4.39 Å². The molecule has 0 spiro atoms. The summed E-state index contributed by atoms with van der Waals surface area (Å²) in [5, 5.41) is 0. The molecule has 0 atom stereocenters. The average Bonchev–Trinajstić information content (AvgIpc) is 2.22. The third kappa shape index (κ3) is 3.90. The molecule has 1 aromatic rings. The fourth-order valence-electron chi connectivity index (χ4n) is 1.43. The van der Waals surface area contributed by atoms with Gasteiger partial charge in [0.15, 0.2) is 11.6 Å². The second kappa shape index (κ2) is 6.44. The summed E-state index contributed by atoms with van der Waals surface area (Å²) >= 11 is 0. The molecule has 0 aliphatic rings. The summed E-state index contributed by atoms with van der Waals surface area (Å²) in [6, 6.07) is 5.24. The van der Waals surface area contributed by atoms with Crippen LogP contribution in [0.2, 0.25) is 0 Å². The van der Waals surface area contributed by atoms with E-state index in [1.54, 1.807) is 12.1 Å². The van der Waals surface area contributed by atoms with Gasteiger partial charge in [-0.1, -0.05) is 32.8 Å². The molecule has 0 aliphatic carbocycles. The summed E-state index contributed by atoms with van der Waals surface area (Å²) in [6.07, 6.45) is 3.99. The third-order valence-electron chi connectivity index (χ3n) is 2.29. The fourth-order valence-corrected chi connectivity index (χ4v) is 1.43. The van der Waals surface area contributed by atoms with E-state index in [-0.39, 0.29) is 5.82 Å². The van der Waals surface area contributed by atoms with Gasteiger partial charge in [-0.05, 0) is 30.5 Å². The van der Waals surface area contributed by atoms with Gasteiger partial charge in [0.1, 0.15) is 0 Å². The highest BCUT2D eigenvalue weighted by atomic mass is 19.1. The van der Waals surface area contributed by atoms with Crippen LogP contribution < -0.4 is 4.74 Å². The van der Waals surface area contributed by atoms with Gasteiger partial charge in [0.2, 0.25) is 0 Å². The van der Waals surface area contributed by atoms with Crippen LogP contribution in [-0.4, -0.2) is 6.61 Å². The lowest BCUT2D eigenvalue weighted by atomic mass is 10.1. The van der Waals surface area contributed by atoms with E-state index in [1.807, 2.05) is 6.07 Å². The first kappa shape index (κ1) is 12.0. The van der Waals surface area contributed by atoms with Gasteiger partial charge in [0.25, 0.3) is 0 Å². The first-order valence-corrected chi connectivity index (χ1v) is 5.69. The van der Waals surface area contributed by atoms with Gasteiger partial charge in [0, 0.05) is 0 Å². The van der Waals surface area contributed by atoms with Crippen LogP contribution in [0.1, 0.15) is 38.7 Å². The molecule has 0 unspecified atom stereocenters. The van der Waals surface area contributed by atoms with Crippen LogP contribution in [0.25, 0.3) is 0 Å². The maximum Gasteiger partial charge on any atom is 0.165 e. The molecule has 0 amide bonds. The number of rotatable bonds is 6. The Hall–Kier alpha value is -1.05. The van der Waals surface area contributed by atoms with E-state index in [4.69, 9.17) is 4.74 Å². The SMILES string of the molecule is CCCCOc1ccc(CCC)cc1F. The van der Waals surface area contributed by atoms with Crippen LogP contribution in [0.3, 0.4) is 0 Å². The van der Waals surface area contributed by atoms with Gasteiger partial charge in [0.05, 0.1) is 6.61 Å². The number of halogens is 1. The molecule has 15 heavy (non-hydrogen) atoms. The Kier molecular flexibility index (Phi) is 5.16. The molecular formula is C13H19FO. The predicted molar refractivity (Wildman–Crippen MR) is 60.8 cm³/mol. The van der Waals surface area contributed by atoms with Crippen molar-refractivity contribution in [3.05, 3.63) is 29.6 Å². The van der Waals surface area contributed by atoms with Crippen molar-refractivity contribution in [2.45, 2.75) is 39.5 Å². The highest BCUT2D eigenvalue weighted by Crippen LogP contribution is 2.19. The van der Waals surface area contributed by atoms with Crippen molar-refractivity contribution in [2.24, 2.45) is 0 Å². The molecule has 0 saturated heterocycles. The van der Waals surface area contributed by atoms with Crippen LogP contribution in [0.4, 0.5) is 4.39 Å². The minimum atomic E-state index is -0.239. The van der Waals surface area contributed by atoms with Crippen molar-refractivity contribution < 1.29 is 9.13 Å². The molecule has 1 rings (SSSR count). The molecule has 0 N–H and O–H groups in total. The van der Waals surface area contributed by atoms with Gasteiger partial charge >= 0.3 is 0 Å². The summed E-state index contributed by atoms with van der Waals surface area (Å²) in [7, 11) is 0. The van der Waals surface area contributed by atoms with Crippen molar-refractivity contribution in [3.8, 4) is 5.75 Å². The average molecular weight is 210 g/mol. The number of aryl methyl sites for hydroxylation is 1. The summed E-state index contributed by atoms with van der Waals surface area (Å²) in [6.45, 7) is 4.77. The topological polar surface area (TPSA) is 9.23 Å². The minimum Gasteiger partial charge on any atom is -0.491 e. The summed E-state index contributed by atoms with van der Waals surface area (Å²) in [5.41, 5.74) is 1.04. The normalized spacial score (nSPS) is 10.3. The molecule has 0 radical (unpaired) electrons. The Labute approximate surface area is 91.3 Å². The number of hydrogen-bond acceptors (Lipinski definition) is 1. The smallest absolute Gasteiger partial charge is 0.165 e. The van der Waals surface area contributed by atoms with Crippen molar-refractivity contribution in [2.75, 3.05) is 6.61 Å². The number of ether oxygens (including phenoxy) is 1. The Bertz CT molecular complexity index is 297. The molecule has 0 saturated carbocycles. The molecular weight excluding hydrogens is 191 g/mol. The second-order valence-corrected chi connectivity index (χ2v) is 3.72. The summed E-state index contributed by atoms with van der Waals surface area (Å²) in [4.78, 5) is 0. The zero-order valence-electron chi connectivity index (χ0n) is 9.55. The number of hydrogen-bond donors (Lipinski definition) is 0. The molecule has 0 aromatic heterocycles. The van der Waals surface area contributed by atoms with Crippen LogP contribution in [0.5, 0.6) is 5.75 Å². The standard InChI is InChI=1S/C13H19FO/c1-3-5-9-15-13-8-7-11(6-4-2)10-12(13)14/h7-8,10H,3-6,9H2,1-2H3. The molecule has 0 bridgehead atoms.